The molecule has 284 valence electrons. The Morgan fingerprint density at radius 3 is 0.375 bits per heavy atom. The van der Waals surface area contributed by atoms with Crippen molar-refractivity contribution in [2.24, 2.45) is 0 Å². The van der Waals surface area contributed by atoms with E-state index < -0.39 is 0 Å². The molecule has 0 aliphatic carbocycles. The average Bonchev–Trinajstić information content (AvgIpc) is 3.25. The Morgan fingerprint density at radius 2 is 0.286 bits per heavy atom. The number of hydrogen-bond donors (Lipinski definition) is 0. The minimum absolute atomic E-state index is 0. The van der Waals surface area contributed by atoms with Crippen LogP contribution in [0.4, 0.5) is 0 Å². The molecule has 0 bridgehead atoms. The third kappa shape index (κ3) is 19.1. The average molecular weight is 797 g/mol. The molecule has 56 heavy (non-hydrogen) atoms. The highest BCUT2D eigenvalue weighted by Crippen LogP contribution is 2.22. The van der Waals surface area contributed by atoms with Gasteiger partial charge in [0, 0.05) is 0 Å². The van der Waals surface area contributed by atoms with Gasteiger partial charge in [0.15, 0.2) is 12.5 Å². The summed E-state index contributed by atoms with van der Waals surface area (Å²) in [7, 11) is 0. The quantitative estimate of drug-likeness (QED) is 0.153. The van der Waals surface area contributed by atoms with Crippen LogP contribution in [0.15, 0.2) is 243 Å². The van der Waals surface area contributed by atoms with E-state index in [4.69, 9.17) is 23.2 Å². The van der Waals surface area contributed by atoms with Crippen molar-refractivity contribution in [2.75, 3.05) is 0 Å². The minimum atomic E-state index is 0. The van der Waals surface area contributed by atoms with Gasteiger partial charge in [-0.3, -0.25) is 0 Å². The smallest absolute Gasteiger partial charge is 0.197 e. The summed E-state index contributed by atoms with van der Waals surface area (Å²) in [5.41, 5.74) is 0. The van der Waals surface area contributed by atoms with Gasteiger partial charge in [-0.15, -0.1) is 0 Å². The van der Waals surface area contributed by atoms with Crippen LogP contribution in [0.5, 0.6) is 46.0 Å². The van der Waals surface area contributed by atoms with Crippen LogP contribution in [0.2, 0.25) is 0 Å². The molecule has 0 radical (unpaired) electrons. The SMILES string of the molecule is O=S.S.S.c1ccc(Oc2ccccc2)cc1.c1ccc(Oc2ccccc2)cc1.c1ccc(Oc2ccccc2)cc1.c1ccc(Oc2ccccc2)cc1. The summed E-state index contributed by atoms with van der Waals surface area (Å²) >= 11 is 2.83. The van der Waals surface area contributed by atoms with Gasteiger partial charge in [-0.1, -0.05) is 146 Å². The van der Waals surface area contributed by atoms with Crippen molar-refractivity contribution in [2.45, 2.75) is 0 Å². The summed E-state index contributed by atoms with van der Waals surface area (Å²) in [6.45, 7) is 0. The highest BCUT2D eigenvalue weighted by molar-refractivity contribution is 7.59. The Bertz CT molecular complexity index is 1610. The summed E-state index contributed by atoms with van der Waals surface area (Å²) < 4.78 is 30.1. The molecule has 8 rings (SSSR count). The molecule has 0 unspecified atom stereocenters. The van der Waals surface area contributed by atoms with Crippen LogP contribution in [0.3, 0.4) is 0 Å². The third-order valence-electron chi connectivity index (χ3n) is 6.89. The number of ether oxygens (including phenoxy) is 4. The van der Waals surface area contributed by atoms with Gasteiger partial charge in [-0.2, -0.15) is 31.2 Å². The summed E-state index contributed by atoms with van der Waals surface area (Å²) in [5, 5.41) is 0. The molecule has 0 heterocycles. The van der Waals surface area contributed by atoms with Gasteiger partial charge >= 0.3 is 0 Å². The second-order valence-corrected chi connectivity index (χ2v) is 10.9. The van der Waals surface area contributed by atoms with E-state index >= 15 is 0 Å². The highest BCUT2D eigenvalue weighted by Gasteiger charge is 1.95. The fourth-order valence-corrected chi connectivity index (χ4v) is 4.45. The zero-order chi connectivity index (χ0) is 37.7. The lowest BCUT2D eigenvalue weighted by atomic mass is 10.3. The van der Waals surface area contributed by atoms with Crippen LogP contribution in [0, 0.1) is 0 Å². The maximum atomic E-state index is 7.83. The molecule has 0 saturated carbocycles. The summed E-state index contributed by atoms with van der Waals surface area (Å²) in [4.78, 5) is 0. The molecular weight excluding hydrogens is 753 g/mol. The molecule has 0 aliphatic rings. The fraction of sp³-hybridized carbons (Fsp3) is 0. The van der Waals surface area contributed by atoms with Gasteiger partial charge in [-0.25, -0.2) is 0 Å². The molecule has 0 fully saturated rings. The standard InChI is InChI=1S/4C12H10O.OS.2H2S/c4*1-3-7-11(8-4-1)13-12-9-5-2-6-10-12;1-2;;/h4*1-10H;;2*1H2. The number of hydrogen-bond acceptors (Lipinski definition) is 6. The van der Waals surface area contributed by atoms with Gasteiger partial charge in [0.25, 0.3) is 0 Å². The monoisotopic (exact) mass is 796 g/mol. The second kappa shape index (κ2) is 29.1. The van der Waals surface area contributed by atoms with Crippen molar-refractivity contribution >= 4 is 39.5 Å². The van der Waals surface area contributed by atoms with Gasteiger partial charge in [0.05, 0.1) is 0 Å². The van der Waals surface area contributed by atoms with Crippen molar-refractivity contribution in [1.82, 2.24) is 0 Å². The Hall–Kier alpha value is -6.32. The molecule has 0 saturated heterocycles. The zero-order valence-electron chi connectivity index (χ0n) is 30.5. The van der Waals surface area contributed by atoms with Gasteiger partial charge in [0.2, 0.25) is 0 Å². The fourth-order valence-electron chi connectivity index (χ4n) is 4.45. The molecule has 0 aromatic heterocycles. The van der Waals surface area contributed by atoms with E-state index in [-0.39, 0.29) is 27.0 Å². The van der Waals surface area contributed by atoms with E-state index in [0.29, 0.717) is 0 Å². The molecule has 8 aromatic rings. The second-order valence-electron chi connectivity index (χ2n) is 10.9. The Morgan fingerprint density at radius 1 is 0.196 bits per heavy atom. The molecule has 0 atom stereocenters. The molecule has 0 N–H and O–H groups in total. The van der Waals surface area contributed by atoms with Gasteiger partial charge in [0.1, 0.15) is 46.0 Å². The largest absolute Gasteiger partial charge is 0.457 e. The topological polar surface area (TPSA) is 54.0 Å². The van der Waals surface area contributed by atoms with Crippen LogP contribution >= 0.6 is 27.0 Å². The van der Waals surface area contributed by atoms with Crippen molar-refractivity contribution in [1.29, 1.82) is 0 Å². The molecule has 0 amide bonds. The number of benzene rings is 8. The van der Waals surface area contributed by atoms with Gasteiger partial charge in [-0.05, 0) is 97.1 Å². The zero-order valence-corrected chi connectivity index (χ0v) is 33.4. The number of para-hydroxylation sites is 8. The molecule has 0 spiro atoms. The van der Waals surface area contributed by atoms with Crippen LogP contribution in [0.25, 0.3) is 0 Å². The minimum Gasteiger partial charge on any atom is -0.457 e. The predicted molar refractivity (Wildman–Crippen MR) is 241 cm³/mol. The van der Waals surface area contributed by atoms with Crippen LogP contribution < -0.4 is 18.9 Å². The van der Waals surface area contributed by atoms with Crippen molar-refractivity contribution < 1.29 is 23.2 Å². The van der Waals surface area contributed by atoms with E-state index in [1.54, 1.807) is 0 Å². The third-order valence-corrected chi connectivity index (χ3v) is 6.89. The lowest BCUT2D eigenvalue weighted by molar-refractivity contribution is 0.482. The Kier molecular flexibility index (Phi) is 23.8. The number of rotatable bonds is 8. The molecule has 8 aromatic carbocycles. The van der Waals surface area contributed by atoms with E-state index in [1.165, 1.54) is 0 Å². The van der Waals surface area contributed by atoms with Crippen LogP contribution in [-0.4, -0.2) is 4.21 Å². The van der Waals surface area contributed by atoms with Crippen molar-refractivity contribution in [3.63, 3.8) is 0 Å². The van der Waals surface area contributed by atoms with Gasteiger partial charge < -0.3 is 18.9 Å². The van der Waals surface area contributed by atoms with E-state index in [9.17, 15) is 0 Å². The van der Waals surface area contributed by atoms with E-state index in [2.05, 4.69) is 12.5 Å². The van der Waals surface area contributed by atoms with Crippen LogP contribution in [-0.2, 0) is 12.5 Å². The van der Waals surface area contributed by atoms with Crippen LogP contribution in [0.1, 0.15) is 0 Å². The highest BCUT2D eigenvalue weighted by atomic mass is 32.1. The van der Waals surface area contributed by atoms with Crippen molar-refractivity contribution in [3.8, 4) is 46.0 Å². The first-order valence-corrected chi connectivity index (χ1v) is 17.4. The summed E-state index contributed by atoms with van der Waals surface area (Å²) in [6, 6.07) is 78.1. The summed E-state index contributed by atoms with van der Waals surface area (Å²) in [5.74, 6) is 6.95. The maximum absolute atomic E-state index is 7.83. The molecule has 5 nitrogen and oxygen atoms in total. The Labute approximate surface area is 349 Å². The maximum Gasteiger partial charge on any atom is 0.197 e. The summed E-state index contributed by atoms with van der Waals surface area (Å²) in [6.07, 6.45) is 0. The van der Waals surface area contributed by atoms with E-state index in [0.717, 1.165) is 46.0 Å². The molecule has 0 aliphatic heterocycles. The lowest BCUT2D eigenvalue weighted by Gasteiger charge is -2.03. The lowest BCUT2D eigenvalue weighted by Crippen LogP contribution is -1.81. The predicted octanol–water partition coefficient (Wildman–Crippen LogP) is 13.8. The normalized spacial score (nSPS) is 8.93. The first-order valence-electron chi connectivity index (χ1n) is 17.1. The Balaban J connectivity index is 0.000000251. The van der Waals surface area contributed by atoms with Crippen molar-refractivity contribution in [3.05, 3.63) is 243 Å². The molecule has 8 heteroatoms. The van der Waals surface area contributed by atoms with E-state index in [1.807, 2.05) is 243 Å². The first kappa shape index (κ1) is 45.8. The first-order chi connectivity index (χ1) is 26.8. The molecular formula is C48H44O5S3.